The molecule has 0 aliphatic heterocycles. The van der Waals surface area contributed by atoms with Gasteiger partial charge in [-0.25, -0.2) is 0 Å². The first-order valence-electron chi connectivity index (χ1n) is 4.64. The maximum absolute atomic E-state index is 10.6. The average molecular weight is 196 g/mol. The largest absolute Gasteiger partial charge is 0.468 e. The molecule has 0 radical (unpaired) electrons. The topological polar surface area (TPSA) is 68.3 Å². The van der Waals surface area contributed by atoms with Gasteiger partial charge in [0.2, 0.25) is 5.91 Å². The number of carbonyl (C=O) groups excluding carboxylic acids is 1. The summed E-state index contributed by atoms with van der Waals surface area (Å²) in [7, 11) is 0. The smallest absolute Gasteiger partial charge is 0.218 e. The van der Waals surface area contributed by atoms with Gasteiger partial charge in [-0.1, -0.05) is 0 Å². The minimum Gasteiger partial charge on any atom is -0.468 e. The number of aryl methyl sites for hydroxylation is 1. The second-order valence-electron chi connectivity index (χ2n) is 3.48. The number of carbonyl (C=O) groups is 1. The minimum absolute atomic E-state index is 0.0806. The predicted molar refractivity (Wildman–Crippen MR) is 53.6 cm³/mol. The van der Waals surface area contributed by atoms with Crippen LogP contribution in [0.3, 0.4) is 0 Å². The fourth-order valence-electron chi connectivity index (χ4n) is 1.23. The summed E-state index contributed by atoms with van der Waals surface area (Å²) in [5.41, 5.74) is 6.18. The molecule has 78 valence electrons. The lowest BCUT2D eigenvalue weighted by molar-refractivity contribution is -0.118. The number of hydrogen-bond donors (Lipinski definition) is 2. The normalized spacial score (nSPS) is 12.7. The molecule has 1 atom stereocenters. The van der Waals surface area contributed by atoms with E-state index in [1.54, 1.807) is 6.26 Å². The van der Waals surface area contributed by atoms with E-state index < -0.39 is 0 Å². The van der Waals surface area contributed by atoms with E-state index in [0.29, 0.717) is 13.0 Å². The lowest BCUT2D eigenvalue weighted by Crippen LogP contribution is -2.30. The molecule has 0 bridgehead atoms. The SMILES string of the molecule is Cc1ccoc1CNC(C)CC(N)=O. The van der Waals surface area contributed by atoms with Crippen molar-refractivity contribution >= 4 is 5.91 Å². The zero-order valence-electron chi connectivity index (χ0n) is 8.54. The van der Waals surface area contributed by atoms with E-state index in [-0.39, 0.29) is 11.9 Å². The molecule has 0 spiro atoms. The van der Waals surface area contributed by atoms with Gasteiger partial charge in [-0.05, 0) is 25.5 Å². The molecule has 0 aromatic carbocycles. The Labute approximate surface area is 83.5 Å². The summed E-state index contributed by atoms with van der Waals surface area (Å²) in [4.78, 5) is 10.6. The van der Waals surface area contributed by atoms with E-state index in [1.165, 1.54) is 0 Å². The van der Waals surface area contributed by atoms with Crippen molar-refractivity contribution in [2.24, 2.45) is 5.73 Å². The first-order valence-corrected chi connectivity index (χ1v) is 4.64. The van der Waals surface area contributed by atoms with E-state index in [1.807, 2.05) is 19.9 Å². The number of furan rings is 1. The number of primary amides is 1. The van der Waals surface area contributed by atoms with E-state index in [2.05, 4.69) is 5.32 Å². The summed E-state index contributed by atoms with van der Waals surface area (Å²) in [6.45, 7) is 4.54. The van der Waals surface area contributed by atoms with Crippen LogP contribution in [0.15, 0.2) is 16.7 Å². The first kappa shape index (κ1) is 10.8. The minimum atomic E-state index is -0.291. The van der Waals surface area contributed by atoms with Crippen LogP contribution in [-0.4, -0.2) is 11.9 Å². The van der Waals surface area contributed by atoms with Gasteiger partial charge in [-0.15, -0.1) is 0 Å². The molecule has 0 saturated carbocycles. The molecular weight excluding hydrogens is 180 g/mol. The van der Waals surface area contributed by atoms with E-state index in [0.717, 1.165) is 11.3 Å². The molecule has 1 aromatic rings. The second kappa shape index (κ2) is 4.81. The summed E-state index contributed by atoms with van der Waals surface area (Å²) in [6.07, 6.45) is 2.00. The van der Waals surface area contributed by atoms with Gasteiger partial charge in [-0.2, -0.15) is 0 Å². The third-order valence-electron chi connectivity index (χ3n) is 2.09. The lowest BCUT2D eigenvalue weighted by Gasteiger charge is -2.10. The molecule has 0 fully saturated rings. The van der Waals surface area contributed by atoms with E-state index in [9.17, 15) is 4.79 Å². The Balaban J connectivity index is 2.34. The molecule has 4 heteroatoms. The Kier molecular flexibility index (Phi) is 3.71. The molecule has 1 aromatic heterocycles. The summed E-state index contributed by atoms with van der Waals surface area (Å²) in [5.74, 6) is 0.613. The molecule has 4 nitrogen and oxygen atoms in total. The van der Waals surface area contributed by atoms with Gasteiger partial charge in [0.25, 0.3) is 0 Å². The molecule has 0 aliphatic carbocycles. The van der Waals surface area contributed by atoms with Crippen molar-refractivity contribution < 1.29 is 9.21 Å². The molecule has 0 saturated heterocycles. The van der Waals surface area contributed by atoms with Crippen molar-refractivity contribution in [1.82, 2.24) is 5.32 Å². The van der Waals surface area contributed by atoms with Gasteiger partial charge in [0.05, 0.1) is 12.8 Å². The van der Waals surface area contributed by atoms with Crippen molar-refractivity contribution in [1.29, 1.82) is 0 Å². The van der Waals surface area contributed by atoms with Crippen LogP contribution in [-0.2, 0) is 11.3 Å². The van der Waals surface area contributed by atoms with Crippen molar-refractivity contribution in [2.75, 3.05) is 0 Å². The van der Waals surface area contributed by atoms with Gasteiger partial charge >= 0.3 is 0 Å². The molecule has 1 heterocycles. The highest BCUT2D eigenvalue weighted by Crippen LogP contribution is 2.08. The molecule has 1 unspecified atom stereocenters. The van der Waals surface area contributed by atoms with Crippen LogP contribution in [0.2, 0.25) is 0 Å². The van der Waals surface area contributed by atoms with Crippen LogP contribution in [0.25, 0.3) is 0 Å². The van der Waals surface area contributed by atoms with Crippen molar-refractivity contribution in [3.8, 4) is 0 Å². The summed E-state index contributed by atoms with van der Waals surface area (Å²) < 4.78 is 5.24. The van der Waals surface area contributed by atoms with Gasteiger partial charge in [0, 0.05) is 12.5 Å². The zero-order chi connectivity index (χ0) is 10.6. The summed E-state index contributed by atoms with van der Waals surface area (Å²) in [5, 5.41) is 3.16. The molecule has 14 heavy (non-hydrogen) atoms. The monoisotopic (exact) mass is 196 g/mol. The Bertz CT molecular complexity index is 307. The summed E-state index contributed by atoms with van der Waals surface area (Å²) >= 11 is 0. The van der Waals surface area contributed by atoms with Gasteiger partial charge < -0.3 is 15.5 Å². The van der Waals surface area contributed by atoms with Crippen LogP contribution in [0, 0.1) is 6.92 Å². The fraction of sp³-hybridized carbons (Fsp3) is 0.500. The number of nitrogens with one attached hydrogen (secondary N) is 1. The maximum atomic E-state index is 10.6. The molecule has 0 aliphatic rings. The van der Waals surface area contributed by atoms with Gasteiger partial charge in [0.15, 0.2) is 0 Å². The molecular formula is C10H16N2O2. The van der Waals surface area contributed by atoms with Gasteiger partial charge in [-0.3, -0.25) is 4.79 Å². The number of hydrogen-bond acceptors (Lipinski definition) is 3. The highest BCUT2D eigenvalue weighted by molar-refractivity contribution is 5.74. The van der Waals surface area contributed by atoms with Gasteiger partial charge in [0.1, 0.15) is 5.76 Å². The second-order valence-corrected chi connectivity index (χ2v) is 3.48. The van der Waals surface area contributed by atoms with Crippen molar-refractivity contribution in [3.05, 3.63) is 23.7 Å². The van der Waals surface area contributed by atoms with Crippen LogP contribution in [0.5, 0.6) is 0 Å². The van der Waals surface area contributed by atoms with Crippen molar-refractivity contribution in [3.63, 3.8) is 0 Å². The van der Waals surface area contributed by atoms with E-state index >= 15 is 0 Å². The summed E-state index contributed by atoms with van der Waals surface area (Å²) in [6, 6.07) is 1.99. The third-order valence-corrected chi connectivity index (χ3v) is 2.09. The standard InChI is InChI=1S/C10H16N2O2/c1-7-3-4-14-9(7)6-12-8(2)5-10(11)13/h3-4,8,12H,5-6H2,1-2H3,(H2,11,13). The predicted octanol–water partition coefficient (Wildman–Crippen LogP) is 0.942. The highest BCUT2D eigenvalue weighted by atomic mass is 16.3. The van der Waals surface area contributed by atoms with Crippen LogP contribution >= 0.6 is 0 Å². The first-order chi connectivity index (χ1) is 6.59. The zero-order valence-corrected chi connectivity index (χ0v) is 8.54. The van der Waals surface area contributed by atoms with Crippen LogP contribution < -0.4 is 11.1 Å². The lowest BCUT2D eigenvalue weighted by atomic mass is 10.2. The Morgan fingerprint density at radius 3 is 2.93 bits per heavy atom. The Hall–Kier alpha value is -1.29. The third kappa shape index (κ3) is 3.22. The fourth-order valence-corrected chi connectivity index (χ4v) is 1.23. The van der Waals surface area contributed by atoms with Crippen molar-refractivity contribution in [2.45, 2.75) is 32.9 Å². The van der Waals surface area contributed by atoms with E-state index in [4.69, 9.17) is 10.2 Å². The highest BCUT2D eigenvalue weighted by Gasteiger charge is 2.07. The maximum Gasteiger partial charge on any atom is 0.218 e. The van der Waals surface area contributed by atoms with Crippen LogP contribution in [0.4, 0.5) is 0 Å². The number of nitrogens with two attached hydrogens (primary N) is 1. The molecule has 3 N–H and O–H groups in total. The van der Waals surface area contributed by atoms with Crippen LogP contribution in [0.1, 0.15) is 24.7 Å². The molecule has 1 rings (SSSR count). The quantitative estimate of drug-likeness (QED) is 0.736. The average Bonchev–Trinajstić information content (AvgIpc) is 2.46. The Morgan fingerprint density at radius 1 is 1.71 bits per heavy atom. The molecule has 1 amide bonds. The Morgan fingerprint density at radius 2 is 2.43 bits per heavy atom. The number of rotatable bonds is 5. The number of amides is 1.